The summed E-state index contributed by atoms with van der Waals surface area (Å²) < 4.78 is 7.26. The van der Waals surface area contributed by atoms with E-state index in [0.29, 0.717) is 23.9 Å². The molecule has 0 aromatic carbocycles. The van der Waals surface area contributed by atoms with Crippen LogP contribution in [0.15, 0.2) is 6.20 Å². The minimum atomic E-state index is -0.843. The summed E-state index contributed by atoms with van der Waals surface area (Å²) in [7, 11) is 0. The van der Waals surface area contributed by atoms with Gasteiger partial charge in [0.2, 0.25) is 0 Å². The number of rotatable bonds is 7. The molecular weight excluding hydrogens is 306 g/mol. The van der Waals surface area contributed by atoms with Crippen molar-refractivity contribution in [3.8, 4) is 0 Å². The Balaban J connectivity index is 1.85. The van der Waals surface area contributed by atoms with Crippen molar-refractivity contribution in [1.82, 2.24) is 15.1 Å². The van der Waals surface area contributed by atoms with Gasteiger partial charge in [0, 0.05) is 31.2 Å². The van der Waals surface area contributed by atoms with Crippen LogP contribution in [0, 0.1) is 6.92 Å². The lowest BCUT2D eigenvalue weighted by molar-refractivity contribution is -0.133. The van der Waals surface area contributed by atoms with Crippen molar-refractivity contribution in [3.63, 3.8) is 0 Å². The highest BCUT2D eigenvalue weighted by Crippen LogP contribution is 2.23. The second-order valence-corrected chi connectivity index (χ2v) is 6.24. The molecule has 1 aromatic rings. The van der Waals surface area contributed by atoms with Gasteiger partial charge in [0.1, 0.15) is 0 Å². The molecule has 2 heterocycles. The molecule has 1 aromatic heterocycles. The van der Waals surface area contributed by atoms with Crippen molar-refractivity contribution >= 4 is 23.6 Å². The average Bonchev–Trinajstić information content (AvgIpc) is 2.89. The van der Waals surface area contributed by atoms with Gasteiger partial charge in [0.15, 0.2) is 0 Å². The largest absolute Gasteiger partial charge is 0.481 e. The van der Waals surface area contributed by atoms with E-state index in [1.54, 1.807) is 6.20 Å². The van der Waals surface area contributed by atoms with Crippen molar-refractivity contribution in [1.29, 1.82) is 0 Å². The van der Waals surface area contributed by atoms with Gasteiger partial charge in [-0.05, 0) is 19.8 Å². The van der Waals surface area contributed by atoms with Crippen LogP contribution < -0.4 is 5.32 Å². The van der Waals surface area contributed by atoms with Gasteiger partial charge in [-0.15, -0.1) is 11.8 Å². The van der Waals surface area contributed by atoms with Crippen LogP contribution in [-0.2, 0) is 9.53 Å². The molecule has 22 heavy (non-hydrogen) atoms. The van der Waals surface area contributed by atoms with Crippen molar-refractivity contribution < 1.29 is 19.4 Å². The fourth-order valence-electron chi connectivity index (χ4n) is 2.44. The number of nitrogens with zero attached hydrogens (tertiary/aromatic N) is 2. The second kappa shape index (κ2) is 8.19. The molecule has 0 unspecified atom stereocenters. The van der Waals surface area contributed by atoms with Crippen LogP contribution in [0.1, 0.15) is 34.9 Å². The Bertz CT molecular complexity index is 526. The predicted octanol–water partition coefficient (Wildman–Crippen LogP) is 1.09. The van der Waals surface area contributed by atoms with Crippen LogP contribution in [0.5, 0.6) is 0 Å². The van der Waals surface area contributed by atoms with Gasteiger partial charge in [-0.3, -0.25) is 14.3 Å². The summed E-state index contributed by atoms with van der Waals surface area (Å²) in [5.74, 6) is -0.376. The van der Waals surface area contributed by atoms with Crippen LogP contribution in [0.3, 0.4) is 0 Å². The van der Waals surface area contributed by atoms with E-state index in [4.69, 9.17) is 9.84 Å². The number of carbonyl (C=O) groups is 2. The summed E-state index contributed by atoms with van der Waals surface area (Å²) in [4.78, 5) is 22.5. The number of thioether (sulfide) groups is 1. The van der Waals surface area contributed by atoms with Crippen molar-refractivity contribution in [2.24, 2.45) is 0 Å². The van der Waals surface area contributed by atoms with Crippen molar-refractivity contribution in [2.75, 3.05) is 31.3 Å². The van der Waals surface area contributed by atoms with Crippen LogP contribution in [-0.4, -0.2) is 58.0 Å². The van der Waals surface area contributed by atoms with Crippen molar-refractivity contribution in [3.05, 3.63) is 17.5 Å². The Labute approximate surface area is 133 Å². The zero-order chi connectivity index (χ0) is 15.9. The molecule has 0 saturated carbocycles. The zero-order valence-corrected chi connectivity index (χ0v) is 13.4. The lowest BCUT2D eigenvalue weighted by atomic mass is 10.1. The molecule has 122 valence electrons. The average molecular weight is 327 g/mol. The molecule has 0 spiro atoms. The van der Waals surface area contributed by atoms with Gasteiger partial charge in [-0.25, -0.2) is 0 Å². The molecule has 2 rings (SSSR count). The summed E-state index contributed by atoms with van der Waals surface area (Å²) in [6, 6.07) is 0.293. The van der Waals surface area contributed by atoms with Crippen LogP contribution in [0.25, 0.3) is 0 Å². The Hall–Kier alpha value is -1.54. The quantitative estimate of drug-likeness (QED) is 0.728. The maximum Gasteiger partial charge on any atom is 0.313 e. The lowest BCUT2D eigenvalue weighted by Gasteiger charge is -2.23. The SMILES string of the molecule is Cc1c(C(=O)NCCSCC(=O)O)cnn1C1CCOCC1. The van der Waals surface area contributed by atoms with E-state index in [1.807, 2.05) is 11.6 Å². The highest BCUT2D eigenvalue weighted by Gasteiger charge is 2.21. The smallest absolute Gasteiger partial charge is 0.313 e. The van der Waals surface area contributed by atoms with Gasteiger partial charge < -0.3 is 15.2 Å². The van der Waals surface area contributed by atoms with E-state index in [-0.39, 0.29) is 11.7 Å². The number of ether oxygens (including phenoxy) is 1. The van der Waals surface area contributed by atoms with Crippen LogP contribution >= 0.6 is 11.8 Å². The van der Waals surface area contributed by atoms with E-state index in [9.17, 15) is 9.59 Å². The second-order valence-electron chi connectivity index (χ2n) is 5.13. The van der Waals surface area contributed by atoms with Crippen molar-refractivity contribution in [2.45, 2.75) is 25.8 Å². The molecule has 1 saturated heterocycles. The van der Waals surface area contributed by atoms with E-state index in [2.05, 4.69) is 10.4 Å². The third kappa shape index (κ3) is 4.48. The summed E-state index contributed by atoms with van der Waals surface area (Å²) in [6.45, 7) is 3.80. The number of hydrogen-bond donors (Lipinski definition) is 2. The first-order valence-electron chi connectivity index (χ1n) is 7.29. The summed E-state index contributed by atoms with van der Waals surface area (Å²) in [6.07, 6.45) is 3.43. The first kappa shape index (κ1) is 16.8. The molecule has 0 atom stereocenters. The Morgan fingerprint density at radius 2 is 2.23 bits per heavy atom. The predicted molar refractivity (Wildman–Crippen MR) is 83.3 cm³/mol. The Morgan fingerprint density at radius 1 is 1.50 bits per heavy atom. The number of aromatic nitrogens is 2. The minimum Gasteiger partial charge on any atom is -0.481 e. The number of hydrogen-bond acceptors (Lipinski definition) is 5. The number of carbonyl (C=O) groups excluding carboxylic acids is 1. The van der Waals surface area contributed by atoms with Crippen LogP contribution in [0.4, 0.5) is 0 Å². The van der Waals surface area contributed by atoms with Gasteiger partial charge >= 0.3 is 5.97 Å². The molecule has 2 N–H and O–H groups in total. The standard InChI is InChI=1S/C14H21N3O4S/c1-10-12(14(20)15-4-7-22-9-13(18)19)8-16-17(10)11-2-5-21-6-3-11/h8,11H,2-7,9H2,1H3,(H,15,20)(H,18,19). The van der Waals surface area contributed by atoms with E-state index >= 15 is 0 Å². The molecule has 8 heteroatoms. The Kier molecular flexibility index (Phi) is 6.26. The molecule has 1 aliphatic heterocycles. The maximum atomic E-state index is 12.1. The van der Waals surface area contributed by atoms with E-state index in [1.165, 1.54) is 11.8 Å². The molecule has 1 fully saturated rings. The van der Waals surface area contributed by atoms with Gasteiger partial charge in [0.05, 0.1) is 23.6 Å². The number of nitrogens with one attached hydrogen (secondary N) is 1. The lowest BCUT2D eigenvalue weighted by Crippen LogP contribution is -2.27. The topological polar surface area (TPSA) is 93.5 Å². The molecule has 1 aliphatic rings. The molecule has 1 amide bonds. The van der Waals surface area contributed by atoms with Gasteiger partial charge in [0.25, 0.3) is 5.91 Å². The first-order chi connectivity index (χ1) is 10.6. The number of carboxylic acid groups (broad SMARTS) is 1. The normalized spacial score (nSPS) is 15.7. The number of amides is 1. The summed E-state index contributed by atoms with van der Waals surface area (Å²) >= 11 is 1.28. The first-order valence-corrected chi connectivity index (χ1v) is 8.44. The van der Waals surface area contributed by atoms with E-state index in [0.717, 1.165) is 31.7 Å². The molecule has 0 bridgehead atoms. The number of aliphatic carboxylic acids is 1. The highest BCUT2D eigenvalue weighted by atomic mass is 32.2. The third-order valence-electron chi connectivity index (χ3n) is 3.58. The van der Waals surface area contributed by atoms with E-state index < -0.39 is 5.97 Å². The Morgan fingerprint density at radius 3 is 2.91 bits per heavy atom. The molecule has 7 nitrogen and oxygen atoms in total. The maximum absolute atomic E-state index is 12.1. The zero-order valence-electron chi connectivity index (χ0n) is 12.6. The van der Waals surface area contributed by atoms with Gasteiger partial charge in [-0.2, -0.15) is 5.10 Å². The fraction of sp³-hybridized carbons (Fsp3) is 0.643. The third-order valence-corrected chi connectivity index (χ3v) is 4.53. The number of carboxylic acids is 1. The fourth-order valence-corrected chi connectivity index (χ4v) is 3.00. The summed E-state index contributed by atoms with van der Waals surface area (Å²) in [5.41, 5.74) is 1.44. The summed E-state index contributed by atoms with van der Waals surface area (Å²) in [5, 5.41) is 15.7. The van der Waals surface area contributed by atoms with Crippen LogP contribution in [0.2, 0.25) is 0 Å². The molecule has 0 radical (unpaired) electrons. The monoisotopic (exact) mass is 327 g/mol. The molecule has 0 aliphatic carbocycles. The molecular formula is C14H21N3O4S. The minimum absolute atomic E-state index is 0.0522. The highest BCUT2D eigenvalue weighted by molar-refractivity contribution is 7.99. The van der Waals surface area contributed by atoms with Gasteiger partial charge in [-0.1, -0.05) is 0 Å².